The highest BCUT2D eigenvalue weighted by molar-refractivity contribution is 6.35. The number of likely N-dealkylation sites (tertiary alicyclic amines) is 3. The van der Waals surface area contributed by atoms with Crippen LogP contribution in [0.3, 0.4) is 0 Å². The van der Waals surface area contributed by atoms with E-state index in [-0.39, 0.29) is 5.91 Å². The molecule has 0 aromatic heterocycles. The Balaban J connectivity index is 0.000000301. The number of halogens is 3. The molecule has 0 spiro atoms. The molecule has 2 aromatic carbocycles. The van der Waals surface area contributed by atoms with E-state index in [9.17, 15) is 4.79 Å². The molecule has 202 valence electrons. The van der Waals surface area contributed by atoms with Gasteiger partial charge >= 0.3 is 0 Å². The van der Waals surface area contributed by atoms with Crippen LogP contribution in [0.2, 0.25) is 15.1 Å². The van der Waals surface area contributed by atoms with Crippen LogP contribution < -0.4 is 4.74 Å². The maximum Gasteiger partial charge on any atom is 0.236 e. The van der Waals surface area contributed by atoms with Gasteiger partial charge in [-0.2, -0.15) is 0 Å². The molecule has 0 saturated carbocycles. The van der Waals surface area contributed by atoms with Crippen LogP contribution in [0.25, 0.3) is 0 Å². The van der Waals surface area contributed by atoms with Crippen LogP contribution in [0, 0.1) is 6.92 Å². The summed E-state index contributed by atoms with van der Waals surface area (Å²) in [5.74, 6) is 1.65. The van der Waals surface area contributed by atoms with Gasteiger partial charge in [-0.25, -0.2) is 0 Å². The molecule has 0 aliphatic carbocycles. The number of hydrogen-bond acceptors (Lipinski definition) is 4. The molecule has 3 heterocycles. The number of ether oxygens (including phenoxy) is 1. The lowest BCUT2D eigenvalue weighted by atomic mass is 9.88. The maximum absolute atomic E-state index is 12.5. The maximum atomic E-state index is 12.5. The van der Waals surface area contributed by atoms with Crippen molar-refractivity contribution in [1.82, 2.24) is 14.7 Å². The van der Waals surface area contributed by atoms with Gasteiger partial charge in [-0.3, -0.25) is 14.6 Å². The monoisotopic (exact) mass is 565 g/mol. The molecule has 0 unspecified atom stereocenters. The molecule has 8 heteroatoms. The summed E-state index contributed by atoms with van der Waals surface area (Å²) in [5, 5.41) is 2.13. The van der Waals surface area contributed by atoms with Crippen molar-refractivity contribution in [3.05, 3.63) is 62.6 Å². The minimum absolute atomic E-state index is 0.288. The van der Waals surface area contributed by atoms with Gasteiger partial charge in [0, 0.05) is 34.7 Å². The van der Waals surface area contributed by atoms with E-state index in [1.54, 1.807) is 6.07 Å². The molecule has 3 saturated heterocycles. The number of hydrogen-bond donors (Lipinski definition) is 0. The topological polar surface area (TPSA) is 36.0 Å². The van der Waals surface area contributed by atoms with Gasteiger partial charge in [0.25, 0.3) is 0 Å². The summed E-state index contributed by atoms with van der Waals surface area (Å²) in [6.45, 7) is 10.4. The van der Waals surface area contributed by atoms with Crippen LogP contribution in [0.5, 0.6) is 5.75 Å². The molecule has 5 rings (SSSR count). The standard InChI is InChI=1S/C22H32ClN3O2.C7H6Cl2/c23-19-4-5-20(21(16-19)28-15-14-24-8-1-2-9-24)18-6-12-26(13-7-18)22(27)17-25-10-3-11-25;1-5-2-3-6(8)4-7(5)9/h4-5,16,18H,1-3,6-15,17H2;2-4H,1H3. The number of benzene rings is 2. The average molecular weight is 567 g/mol. The largest absolute Gasteiger partial charge is 0.492 e. The summed E-state index contributed by atoms with van der Waals surface area (Å²) in [6, 6.07) is 11.5. The summed E-state index contributed by atoms with van der Waals surface area (Å²) in [4.78, 5) is 19.2. The number of aryl methyl sites for hydroxylation is 1. The SMILES string of the molecule is Cc1ccc(Cl)cc1Cl.O=C(CN1CCC1)N1CCC(c2ccc(Cl)cc2OCCN2CCCC2)CC1. The average Bonchev–Trinajstić information content (AvgIpc) is 3.38. The van der Waals surface area contributed by atoms with Crippen LogP contribution >= 0.6 is 34.8 Å². The Morgan fingerprint density at radius 3 is 2.14 bits per heavy atom. The minimum atomic E-state index is 0.288. The van der Waals surface area contributed by atoms with Crippen LogP contribution in [0.1, 0.15) is 49.1 Å². The fraction of sp³-hybridized carbons (Fsp3) is 0.552. The molecule has 37 heavy (non-hydrogen) atoms. The van der Waals surface area contributed by atoms with E-state index < -0.39 is 0 Å². The molecule has 0 radical (unpaired) electrons. The summed E-state index contributed by atoms with van der Waals surface area (Å²) < 4.78 is 6.17. The van der Waals surface area contributed by atoms with Gasteiger partial charge in [0.2, 0.25) is 5.91 Å². The van der Waals surface area contributed by atoms with E-state index in [0.717, 1.165) is 66.9 Å². The van der Waals surface area contributed by atoms with Crippen molar-refractivity contribution < 1.29 is 9.53 Å². The lowest BCUT2D eigenvalue weighted by Gasteiger charge is -2.36. The van der Waals surface area contributed by atoms with Crippen LogP contribution in [0.4, 0.5) is 0 Å². The zero-order valence-electron chi connectivity index (χ0n) is 21.7. The predicted octanol–water partition coefficient (Wildman–Crippen LogP) is 6.53. The lowest BCUT2D eigenvalue weighted by molar-refractivity contribution is -0.134. The third kappa shape index (κ3) is 8.49. The van der Waals surface area contributed by atoms with E-state index in [2.05, 4.69) is 15.9 Å². The second-order valence-electron chi connectivity index (χ2n) is 10.3. The number of carbonyl (C=O) groups is 1. The first-order chi connectivity index (χ1) is 17.9. The Labute approximate surface area is 236 Å². The number of piperidine rings is 1. The summed E-state index contributed by atoms with van der Waals surface area (Å²) in [7, 11) is 0. The Morgan fingerprint density at radius 2 is 1.51 bits per heavy atom. The second-order valence-corrected chi connectivity index (χ2v) is 11.5. The van der Waals surface area contributed by atoms with E-state index >= 15 is 0 Å². The molecule has 3 fully saturated rings. The third-order valence-corrected chi connectivity index (χ3v) is 8.45. The van der Waals surface area contributed by atoms with Crippen molar-refractivity contribution in [2.24, 2.45) is 0 Å². The van der Waals surface area contributed by atoms with Crippen LogP contribution in [-0.4, -0.2) is 79.6 Å². The van der Waals surface area contributed by atoms with Crippen LogP contribution in [0.15, 0.2) is 36.4 Å². The number of nitrogens with zero attached hydrogens (tertiary/aromatic N) is 3. The molecule has 0 bridgehead atoms. The van der Waals surface area contributed by atoms with E-state index in [4.69, 9.17) is 39.5 Å². The summed E-state index contributed by atoms with van der Waals surface area (Å²) in [5.41, 5.74) is 2.31. The molecular weight excluding hydrogens is 529 g/mol. The van der Waals surface area contributed by atoms with Crippen molar-refractivity contribution in [3.8, 4) is 5.75 Å². The fourth-order valence-corrected chi connectivity index (χ4v) is 5.67. The Hall–Kier alpha value is -1.50. The van der Waals surface area contributed by atoms with Gasteiger partial charge in [-0.05, 0) is 107 Å². The second kappa shape index (κ2) is 14.0. The molecular formula is C29H38Cl3N3O2. The van der Waals surface area contributed by atoms with Gasteiger partial charge in [-0.15, -0.1) is 0 Å². The van der Waals surface area contributed by atoms with E-state index in [1.165, 1.54) is 37.9 Å². The van der Waals surface area contributed by atoms with Crippen molar-refractivity contribution in [3.63, 3.8) is 0 Å². The van der Waals surface area contributed by atoms with Crippen molar-refractivity contribution in [2.45, 2.75) is 44.9 Å². The van der Waals surface area contributed by atoms with Gasteiger partial charge < -0.3 is 9.64 Å². The Bertz CT molecular complexity index is 1030. The normalized spacial score (nSPS) is 18.8. The zero-order chi connectivity index (χ0) is 26.2. The van der Waals surface area contributed by atoms with Gasteiger partial charge in [0.1, 0.15) is 12.4 Å². The van der Waals surface area contributed by atoms with Crippen molar-refractivity contribution in [2.75, 3.05) is 59.0 Å². The highest BCUT2D eigenvalue weighted by Gasteiger charge is 2.27. The van der Waals surface area contributed by atoms with E-state index in [0.29, 0.717) is 24.1 Å². The van der Waals surface area contributed by atoms with Gasteiger partial charge in [-0.1, -0.05) is 46.9 Å². The number of carbonyl (C=O) groups excluding carboxylic acids is 1. The van der Waals surface area contributed by atoms with Gasteiger partial charge in [0.15, 0.2) is 0 Å². The smallest absolute Gasteiger partial charge is 0.236 e. The summed E-state index contributed by atoms with van der Waals surface area (Å²) in [6.07, 6.45) is 5.83. The molecule has 1 amide bonds. The highest BCUT2D eigenvalue weighted by Crippen LogP contribution is 2.36. The first-order valence-electron chi connectivity index (χ1n) is 13.5. The quantitative estimate of drug-likeness (QED) is 0.382. The molecule has 0 atom stereocenters. The molecule has 3 aliphatic heterocycles. The summed E-state index contributed by atoms with van der Waals surface area (Å²) >= 11 is 17.6. The van der Waals surface area contributed by atoms with Crippen molar-refractivity contribution in [1.29, 1.82) is 0 Å². The minimum Gasteiger partial charge on any atom is -0.492 e. The number of rotatable bonds is 7. The Kier molecular flexibility index (Phi) is 10.8. The molecule has 0 N–H and O–H groups in total. The third-order valence-electron chi connectivity index (χ3n) is 7.57. The molecule has 3 aliphatic rings. The lowest BCUT2D eigenvalue weighted by Crippen LogP contribution is -2.47. The fourth-order valence-electron chi connectivity index (χ4n) is 5.10. The zero-order valence-corrected chi connectivity index (χ0v) is 24.0. The Morgan fingerprint density at radius 1 is 0.865 bits per heavy atom. The van der Waals surface area contributed by atoms with E-state index in [1.807, 2.05) is 36.1 Å². The highest BCUT2D eigenvalue weighted by atomic mass is 35.5. The van der Waals surface area contributed by atoms with Crippen molar-refractivity contribution >= 4 is 40.7 Å². The first-order valence-corrected chi connectivity index (χ1v) is 14.6. The number of amides is 1. The van der Waals surface area contributed by atoms with Crippen LogP contribution in [-0.2, 0) is 4.79 Å². The molecule has 5 nitrogen and oxygen atoms in total. The first kappa shape index (κ1) is 28.5. The van der Waals surface area contributed by atoms with Gasteiger partial charge in [0.05, 0.1) is 6.54 Å². The predicted molar refractivity (Wildman–Crippen MR) is 153 cm³/mol. The molecule has 2 aromatic rings.